The molecule has 0 aromatic rings. The zero-order valence-electron chi connectivity index (χ0n) is 3.67. The molecule has 1 radical (unpaired) electrons. The van der Waals surface area contributed by atoms with E-state index in [0.29, 0.717) is 0 Å². The summed E-state index contributed by atoms with van der Waals surface area (Å²) in [6.07, 6.45) is 0. The molecule has 0 unspecified atom stereocenters. The minimum atomic E-state index is 0. The van der Waals surface area contributed by atoms with Crippen LogP contribution in [0.15, 0.2) is 0 Å². The van der Waals surface area contributed by atoms with Crippen LogP contribution in [0.4, 0.5) is 0 Å². The smallest absolute Gasteiger partial charge is 1.00 e. The van der Waals surface area contributed by atoms with E-state index in [1.165, 1.54) is 0 Å². The summed E-state index contributed by atoms with van der Waals surface area (Å²) in [5.41, 5.74) is 0. The van der Waals surface area contributed by atoms with E-state index in [4.69, 9.17) is 0 Å². The third-order valence-electron chi connectivity index (χ3n) is 0. The van der Waals surface area contributed by atoms with E-state index < -0.39 is 0 Å². The number of hydrogen-bond acceptors (Lipinski definition) is 0. The molecule has 0 heterocycles. The summed E-state index contributed by atoms with van der Waals surface area (Å²) >= 11 is 0. The van der Waals surface area contributed by atoms with E-state index in [2.05, 4.69) is 0 Å². The van der Waals surface area contributed by atoms with Crippen LogP contribution < -0.4 is 18.9 Å². The summed E-state index contributed by atoms with van der Waals surface area (Å²) in [4.78, 5) is 0. The fourth-order valence-corrected chi connectivity index (χ4v) is 0. The third kappa shape index (κ3) is 180. The Labute approximate surface area is 65.1 Å². The van der Waals surface area contributed by atoms with Crippen molar-refractivity contribution in [2.75, 3.05) is 0 Å². The van der Waals surface area contributed by atoms with Gasteiger partial charge in [-0.2, -0.15) is 0 Å². The van der Waals surface area contributed by atoms with E-state index in [0.717, 1.165) is 0 Å². The molecule has 0 saturated heterocycles. The maximum Gasteiger partial charge on any atom is 1.00 e. The molecule has 7 heteroatoms. The Morgan fingerprint density at radius 3 is 0.571 bits per heavy atom. The molecule has 0 amide bonds. The zero-order valence-corrected chi connectivity index (χ0v) is 5.07. The second kappa shape index (κ2) is 259. The maximum absolute atomic E-state index is 0. The molecule has 0 saturated carbocycles. The van der Waals surface area contributed by atoms with Gasteiger partial charge in [0.15, 0.2) is 0 Å². The zero-order chi connectivity index (χ0) is 0. The fraction of sp³-hybridized carbons (Fsp3) is 0. The van der Waals surface area contributed by atoms with Crippen LogP contribution in [0.3, 0.4) is 0 Å². The quantitative estimate of drug-likeness (QED) is 0.297. The first-order valence-corrected chi connectivity index (χ1v) is 0. The SMILES string of the molecule is O.O.[Li+].[O-2].[O-2].[O-2].[V]. The predicted molar refractivity (Wildman–Crippen MR) is 9.29 cm³/mol. The van der Waals surface area contributed by atoms with Crippen molar-refractivity contribution in [1.82, 2.24) is 0 Å². The second-order valence-corrected chi connectivity index (χ2v) is 0. The number of hydrogen-bond donors (Lipinski definition) is 0. The summed E-state index contributed by atoms with van der Waals surface area (Å²) in [5.74, 6) is 0. The second-order valence-electron chi connectivity index (χ2n) is 0. The molecule has 7 heavy (non-hydrogen) atoms. The third-order valence-corrected chi connectivity index (χ3v) is 0. The van der Waals surface area contributed by atoms with E-state index in [9.17, 15) is 0 Å². The first-order chi connectivity index (χ1) is 0. The first-order valence-electron chi connectivity index (χ1n) is 0. The summed E-state index contributed by atoms with van der Waals surface area (Å²) in [6.45, 7) is 0. The Kier molecular flexibility index (Phi) is 14900. The monoisotopic (exact) mass is 142 g/mol. The van der Waals surface area contributed by atoms with Crippen molar-refractivity contribution in [2.24, 2.45) is 0 Å². The van der Waals surface area contributed by atoms with Gasteiger partial charge in [-0.05, 0) is 0 Å². The van der Waals surface area contributed by atoms with Gasteiger partial charge in [0.25, 0.3) is 0 Å². The molecule has 0 atom stereocenters. The van der Waals surface area contributed by atoms with E-state index in [1.54, 1.807) is 0 Å². The molecule has 0 fully saturated rings. The molecule has 45 valence electrons. The van der Waals surface area contributed by atoms with Crippen LogP contribution in [-0.2, 0) is 35.0 Å². The van der Waals surface area contributed by atoms with E-state index in [1.807, 2.05) is 0 Å². The van der Waals surface area contributed by atoms with Crippen molar-refractivity contribution in [1.29, 1.82) is 0 Å². The predicted octanol–water partition coefficient (Wildman–Crippen LogP) is -5.00. The van der Waals surface area contributed by atoms with Crippen LogP contribution in [0.2, 0.25) is 0 Å². The van der Waals surface area contributed by atoms with Gasteiger partial charge in [-0.25, -0.2) is 0 Å². The summed E-state index contributed by atoms with van der Waals surface area (Å²) < 4.78 is 0. The standard InChI is InChI=1S/Li.2H2O.3O.V/h;2*1H2;;;;/q+1;;;3*-2;. The van der Waals surface area contributed by atoms with Crippen LogP contribution in [-0.4, -0.2) is 11.0 Å². The van der Waals surface area contributed by atoms with Crippen molar-refractivity contribution < 1.29 is 64.8 Å². The minimum Gasteiger partial charge on any atom is -2.00 e. The van der Waals surface area contributed by atoms with Gasteiger partial charge >= 0.3 is 18.9 Å². The molecule has 0 rings (SSSR count). The van der Waals surface area contributed by atoms with Gasteiger partial charge in [-0.1, -0.05) is 0 Å². The largest absolute Gasteiger partial charge is 2.00 e. The summed E-state index contributed by atoms with van der Waals surface area (Å²) in [6, 6.07) is 0. The normalized spacial score (nSPS) is 0. The van der Waals surface area contributed by atoms with Gasteiger partial charge in [0.05, 0.1) is 0 Å². The van der Waals surface area contributed by atoms with Gasteiger partial charge in [-0.3, -0.25) is 0 Å². The molecule has 5 nitrogen and oxygen atoms in total. The number of rotatable bonds is 0. The molecule has 4 N–H and O–H groups in total. The van der Waals surface area contributed by atoms with Crippen molar-refractivity contribution in [3.8, 4) is 0 Å². The minimum absolute atomic E-state index is 0. The molecule has 0 spiro atoms. The van der Waals surface area contributed by atoms with Crippen LogP contribution in [0.1, 0.15) is 0 Å². The fourth-order valence-electron chi connectivity index (χ4n) is 0. The first kappa shape index (κ1) is 404. The van der Waals surface area contributed by atoms with Crippen LogP contribution >= 0.6 is 0 Å². The maximum atomic E-state index is 0. The van der Waals surface area contributed by atoms with Gasteiger partial charge < -0.3 is 27.4 Å². The van der Waals surface area contributed by atoms with Crippen molar-refractivity contribution in [3.63, 3.8) is 0 Å². The average Bonchev–Trinajstić information content (AvgIpc) is 0. The molecule has 0 aromatic carbocycles. The Morgan fingerprint density at radius 2 is 0.571 bits per heavy atom. The molecule has 0 aliphatic heterocycles. The van der Waals surface area contributed by atoms with Gasteiger partial charge in [0.2, 0.25) is 0 Å². The molecule has 0 aromatic heterocycles. The van der Waals surface area contributed by atoms with Gasteiger partial charge in [0.1, 0.15) is 0 Å². The van der Waals surface area contributed by atoms with Crippen molar-refractivity contribution >= 4 is 0 Å². The molecular formula is H4LiO5V-5. The molecule has 0 bridgehead atoms. The van der Waals surface area contributed by atoms with Gasteiger partial charge in [0, 0.05) is 18.6 Å². The summed E-state index contributed by atoms with van der Waals surface area (Å²) in [5, 5.41) is 0. The molecule has 0 aliphatic carbocycles. The van der Waals surface area contributed by atoms with Crippen molar-refractivity contribution in [3.05, 3.63) is 0 Å². The average molecular weight is 142 g/mol. The van der Waals surface area contributed by atoms with Crippen LogP contribution in [0, 0.1) is 0 Å². The molecule has 0 aliphatic rings. The Morgan fingerprint density at radius 1 is 0.571 bits per heavy atom. The Bertz CT molecular complexity index is 8.04. The van der Waals surface area contributed by atoms with E-state index >= 15 is 0 Å². The topological polar surface area (TPSA) is 148 Å². The van der Waals surface area contributed by atoms with Crippen molar-refractivity contribution in [2.45, 2.75) is 0 Å². The Hall–Kier alpha value is 0.982. The summed E-state index contributed by atoms with van der Waals surface area (Å²) in [7, 11) is 0. The van der Waals surface area contributed by atoms with Crippen LogP contribution in [0.5, 0.6) is 0 Å². The Balaban J connectivity index is 0. The van der Waals surface area contributed by atoms with Gasteiger partial charge in [-0.15, -0.1) is 0 Å². The van der Waals surface area contributed by atoms with Crippen LogP contribution in [0.25, 0.3) is 0 Å². The molecular weight excluding hydrogens is 138 g/mol. The van der Waals surface area contributed by atoms with E-state index in [-0.39, 0.29) is 64.8 Å².